The first-order chi connectivity index (χ1) is 12.4. The average Bonchev–Trinajstić information content (AvgIpc) is 3.07. The molecule has 0 spiro atoms. The largest absolute Gasteiger partial charge is 0.459 e. The Morgan fingerprint density at radius 2 is 2.00 bits per heavy atom. The van der Waals surface area contributed by atoms with Gasteiger partial charge in [-0.25, -0.2) is 4.79 Å². The first kappa shape index (κ1) is 18.6. The minimum atomic E-state index is -0.355. The molecule has 1 aliphatic rings. The second-order valence-corrected chi connectivity index (χ2v) is 7.78. The van der Waals surface area contributed by atoms with Crippen molar-refractivity contribution in [2.24, 2.45) is 0 Å². The smallest absolute Gasteiger partial charge is 0.338 e. The van der Waals surface area contributed by atoms with E-state index in [-0.39, 0.29) is 24.0 Å². The molecule has 1 atom stereocenters. The molecule has 0 fully saturated rings. The van der Waals surface area contributed by atoms with Crippen molar-refractivity contribution in [1.82, 2.24) is 4.90 Å². The number of rotatable bonds is 5. The molecule has 1 aliphatic heterocycles. The van der Waals surface area contributed by atoms with Crippen LogP contribution in [-0.2, 0) is 16.0 Å². The van der Waals surface area contributed by atoms with Crippen molar-refractivity contribution in [3.8, 4) is 0 Å². The molecule has 1 amide bonds. The fourth-order valence-electron chi connectivity index (χ4n) is 3.13. The van der Waals surface area contributed by atoms with E-state index in [0.29, 0.717) is 17.8 Å². The SMILES string of the molecule is CC(C)OC(=O)c1ccc(NC(=O)CN2CCc3sccc3[C@@H]2C)cc1. The summed E-state index contributed by atoms with van der Waals surface area (Å²) in [5.41, 5.74) is 2.49. The fourth-order valence-corrected chi connectivity index (χ4v) is 4.10. The Kier molecular flexibility index (Phi) is 5.74. The van der Waals surface area contributed by atoms with Crippen molar-refractivity contribution in [1.29, 1.82) is 0 Å². The molecule has 5 nitrogen and oxygen atoms in total. The molecular weight excluding hydrogens is 348 g/mol. The van der Waals surface area contributed by atoms with Crippen molar-refractivity contribution < 1.29 is 14.3 Å². The highest BCUT2D eigenvalue weighted by molar-refractivity contribution is 7.10. The highest BCUT2D eigenvalue weighted by Crippen LogP contribution is 2.32. The summed E-state index contributed by atoms with van der Waals surface area (Å²) in [4.78, 5) is 27.9. The Morgan fingerprint density at radius 3 is 2.69 bits per heavy atom. The van der Waals surface area contributed by atoms with Gasteiger partial charge in [0.15, 0.2) is 0 Å². The number of benzene rings is 1. The van der Waals surface area contributed by atoms with Gasteiger partial charge in [-0.1, -0.05) is 0 Å². The Balaban J connectivity index is 1.56. The van der Waals surface area contributed by atoms with Gasteiger partial charge in [0, 0.05) is 23.2 Å². The first-order valence-electron chi connectivity index (χ1n) is 8.85. The second kappa shape index (κ2) is 8.01. The molecule has 6 heteroatoms. The minimum Gasteiger partial charge on any atom is -0.459 e. The van der Waals surface area contributed by atoms with E-state index in [1.807, 2.05) is 13.8 Å². The lowest BCUT2D eigenvalue weighted by Crippen LogP contribution is -2.39. The highest BCUT2D eigenvalue weighted by atomic mass is 32.1. The van der Waals surface area contributed by atoms with Crippen LogP contribution in [0.2, 0.25) is 0 Å². The number of amides is 1. The summed E-state index contributed by atoms with van der Waals surface area (Å²) < 4.78 is 5.16. The molecule has 1 aromatic heterocycles. The molecule has 2 heterocycles. The summed E-state index contributed by atoms with van der Waals surface area (Å²) in [7, 11) is 0. The number of esters is 1. The Morgan fingerprint density at radius 1 is 1.27 bits per heavy atom. The van der Waals surface area contributed by atoms with E-state index in [9.17, 15) is 9.59 Å². The standard InChI is InChI=1S/C20H24N2O3S/c1-13(2)25-20(24)15-4-6-16(7-5-15)21-19(23)12-22-10-8-18-17(14(22)3)9-11-26-18/h4-7,9,11,13-14H,8,10,12H2,1-3H3,(H,21,23)/t14-/m0/s1. The molecule has 0 radical (unpaired) electrons. The van der Waals surface area contributed by atoms with Crippen LogP contribution in [0.4, 0.5) is 5.69 Å². The molecule has 0 saturated carbocycles. The number of nitrogens with one attached hydrogen (secondary N) is 1. The Bertz CT molecular complexity index is 783. The number of fused-ring (bicyclic) bond motifs is 1. The lowest BCUT2D eigenvalue weighted by atomic mass is 10.0. The first-order valence-corrected chi connectivity index (χ1v) is 9.73. The van der Waals surface area contributed by atoms with E-state index in [0.717, 1.165) is 13.0 Å². The molecule has 26 heavy (non-hydrogen) atoms. The molecule has 0 bridgehead atoms. The number of carbonyl (C=O) groups excluding carboxylic acids is 2. The van der Waals surface area contributed by atoms with Crippen LogP contribution in [0.3, 0.4) is 0 Å². The molecule has 138 valence electrons. The zero-order valence-electron chi connectivity index (χ0n) is 15.3. The van der Waals surface area contributed by atoms with E-state index < -0.39 is 0 Å². The van der Waals surface area contributed by atoms with Gasteiger partial charge in [0.2, 0.25) is 5.91 Å². The summed E-state index contributed by atoms with van der Waals surface area (Å²) >= 11 is 1.79. The van der Waals surface area contributed by atoms with Gasteiger partial charge in [-0.2, -0.15) is 0 Å². The van der Waals surface area contributed by atoms with Gasteiger partial charge in [-0.3, -0.25) is 9.69 Å². The zero-order chi connectivity index (χ0) is 18.7. The maximum atomic E-state index is 12.4. The minimum absolute atomic E-state index is 0.0481. The topological polar surface area (TPSA) is 58.6 Å². The van der Waals surface area contributed by atoms with Crippen LogP contribution in [0.1, 0.15) is 47.6 Å². The maximum absolute atomic E-state index is 12.4. The van der Waals surface area contributed by atoms with Crippen molar-refractivity contribution >= 4 is 28.9 Å². The zero-order valence-corrected chi connectivity index (χ0v) is 16.1. The lowest BCUT2D eigenvalue weighted by Gasteiger charge is -2.32. The van der Waals surface area contributed by atoms with Crippen LogP contribution in [0.5, 0.6) is 0 Å². The predicted molar refractivity (Wildman–Crippen MR) is 104 cm³/mol. The third-order valence-electron chi connectivity index (χ3n) is 4.50. The predicted octanol–water partition coefficient (Wildman–Crippen LogP) is 3.87. The Labute approximate surface area is 158 Å². The second-order valence-electron chi connectivity index (χ2n) is 6.78. The highest BCUT2D eigenvalue weighted by Gasteiger charge is 2.26. The van der Waals surface area contributed by atoms with Gasteiger partial charge in [0.25, 0.3) is 0 Å². The van der Waals surface area contributed by atoms with Crippen molar-refractivity contribution in [2.45, 2.75) is 39.3 Å². The number of anilines is 1. The summed E-state index contributed by atoms with van der Waals surface area (Å²) in [6.45, 7) is 7.02. The number of ether oxygens (including phenoxy) is 1. The molecule has 0 saturated heterocycles. The van der Waals surface area contributed by atoms with E-state index in [1.165, 1.54) is 10.4 Å². The van der Waals surface area contributed by atoms with E-state index in [2.05, 4.69) is 28.6 Å². The molecule has 1 N–H and O–H groups in total. The molecule has 0 unspecified atom stereocenters. The van der Waals surface area contributed by atoms with Crippen LogP contribution in [0.25, 0.3) is 0 Å². The molecule has 1 aromatic carbocycles. The molecular formula is C20H24N2O3S. The van der Waals surface area contributed by atoms with Crippen molar-refractivity contribution in [3.05, 3.63) is 51.7 Å². The van der Waals surface area contributed by atoms with Crippen LogP contribution >= 0.6 is 11.3 Å². The number of nitrogens with zero attached hydrogens (tertiary/aromatic N) is 1. The lowest BCUT2D eigenvalue weighted by molar-refractivity contribution is -0.117. The van der Waals surface area contributed by atoms with E-state index >= 15 is 0 Å². The summed E-state index contributed by atoms with van der Waals surface area (Å²) in [6.07, 6.45) is 0.842. The van der Waals surface area contributed by atoms with Gasteiger partial charge < -0.3 is 10.1 Å². The third kappa shape index (κ3) is 4.31. The fraction of sp³-hybridized carbons (Fsp3) is 0.400. The number of thiophene rings is 1. The van der Waals surface area contributed by atoms with Crippen LogP contribution < -0.4 is 5.32 Å². The van der Waals surface area contributed by atoms with Gasteiger partial charge in [-0.15, -0.1) is 11.3 Å². The van der Waals surface area contributed by atoms with E-state index in [4.69, 9.17) is 4.74 Å². The summed E-state index contributed by atoms with van der Waals surface area (Å²) in [5.74, 6) is -0.403. The van der Waals surface area contributed by atoms with Crippen LogP contribution in [-0.4, -0.2) is 36.0 Å². The third-order valence-corrected chi connectivity index (χ3v) is 5.49. The summed E-state index contributed by atoms with van der Waals surface area (Å²) in [6, 6.07) is 9.20. The number of carbonyl (C=O) groups is 2. The van der Waals surface area contributed by atoms with Gasteiger partial charge in [0.1, 0.15) is 0 Å². The molecule has 2 aromatic rings. The number of hydrogen-bond donors (Lipinski definition) is 1. The molecule has 0 aliphatic carbocycles. The van der Waals surface area contributed by atoms with Crippen molar-refractivity contribution in [3.63, 3.8) is 0 Å². The monoisotopic (exact) mass is 372 g/mol. The van der Waals surface area contributed by atoms with Gasteiger partial charge in [-0.05, 0) is 68.5 Å². The quantitative estimate of drug-likeness (QED) is 0.810. The van der Waals surface area contributed by atoms with E-state index in [1.54, 1.807) is 35.6 Å². The van der Waals surface area contributed by atoms with Crippen molar-refractivity contribution in [2.75, 3.05) is 18.4 Å². The summed E-state index contributed by atoms with van der Waals surface area (Å²) in [5, 5.41) is 5.03. The van der Waals surface area contributed by atoms with Crippen LogP contribution in [0, 0.1) is 0 Å². The maximum Gasteiger partial charge on any atom is 0.338 e. The van der Waals surface area contributed by atoms with Gasteiger partial charge in [0.05, 0.1) is 18.2 Å². The number of hydrogen-bond acceptors (Lipinski definition) is 5. The molecule has 3 rings (SSSR count). The Hall–Kier alpha value is -2.18. The average molecular weight is 372 g/mol. The van der Waals surface area contributed by atoms with Gasteiger partial charge >= 0.3 is 5.97 Å². The normalized spacial score (nSPS) is 17.0. The van der Waals surface area contributed by atoms with Crippen LogP contribution in [0.15, 0.2) is 35.7 Å².